The van der Waals surface area contributed by atoms with E-state index in [9.17, 15) is 4.39 Å². The van der Waals surface area contributed by atoms with Crippen LogP contribution in [0.4, 0.5) is 10.2 Å². The summed E-state index contributed by atoms with van der Waals surface area (Å²) in [5.74, 6) is 1.20. The number of aromatic nitrogens is 2. The van der Waals surface area contributed by atoms with Crippen molar-refractivity contribution in [3.8, 4) is 11.6 Å². The van der Waals surface area contributed by atoms with Gasteiger partial charge in [0.15, 0.2) is 11.6 Å². The predicted molar refractivity (Wildman–Crippen MR) is 75.1 cm³/mol. The Morgan fingerprint density at radius 1 is 1.32 bits per heavy atom. The van der Waals surface area contributed by atoms with Gasteiger partial charge >= 0.3 is 0 Å². The molecule has 2 rings (SSSR count). The van der Waals surface area contributed by atoms with Crippen molar-refractivity contribution in [2.75, 3.05) is 11.9 Å². The molecule has 6 heteroatoms. The van der Waals surface area contributed by atoms with Gasteiger partial charge in [0.05, 0.1) is 0 Å². The first-order chi connectivity index (χ1) is 9.08. The number of aryl methyl sites for hydroxylation is 1. The average Bonchev–Trinajstić information content (AvgIpc) is 2.33. The van der Waals surface area contributed by atoms with Gasteiger partial charge in [0, 0.05) is 17.1 Å². The fraction of sp³-hybridized carbons (Fsp3) is 0.231. The fourth-order valence-corrected chi connectivity index (χ4v) is 1.87. The second-order valence-electron chi connectivity index (χ2n) is 3.85. The van der Waals surface area contributed by atoms with Gasteiger partial charge in [-0.3, -0.25) is 0 Å². The molecule has 0 aliphatic carbocycles. The number of hydrogen-bond acceptors (Lipinski definition) is 4. The Kier molecular flexibility index (Phi) is 4.31. The molecule has 0 atom stereocenters. The molecule has 0 bridgehead atoms. The van der Waals surface area contributed by atoms with Crippen molar-refractivity contribution in [2.24, 2.45) is 0 Å². The van der Waals surface area contributed by atoms with Crippen LogP contribution in [0.1, 0.15) is 12.7 Å². The molecule has 0 aliphatic rings. The molecule has 0 saturated carbocycles. The van der Waals surface area contributed by atoms with Crippen LogP contribution in [0.3, 0.4) is 0 Å². The van der Waals surface area contributed by atoms with Crippen molar-refractivity contribution >= 4 is 21.7 Å². The van der Waals surface area contributed by atoms with Crippen molar-refractivity contribution in [3.63, 3.8) is 0 Å². The van der Waals surface area contributed by atoms with E-state index >= 15 is 0 Å². The van der Waals surface area contributed by atoms with Crippen LogP contribution < -0.4 is 10.1 Å². The average molecular weight is 326 g/mol. The van der Waals surface area contributed by atoms with Crippen molar-refractivity contribution in [2.45, 2.75) is 13.8 Å². The van der Waals surface area contributed by atoms with Crippen molar-refractivity contribution in [1.82, 2.24) is 9.97 Å². The molecule has 0 aliphatic heterocycles. The lowest BCUT2D eigenvalue weighted by Gasteiger charge is -2.09. The van der Waals surface area contributed by atoms with E-state index in [1.165, 1.54) is 6.07 Å². The Hall–Kier alpha value is -1.69. The second kappa shape index (κ2) is 5.97. The number of nitrogens with zero attached hydrogens (tertiary/aromatic N) is 2. The molecule has 0 unspecified atom stereocenters. The van der Waals surface area contributed by atoms with Crippen LogP contribution in [0.5, 0.6) is 11.6 Å². The van der Waals surface area contributed by atoms with E-state index in [0.717, 1.165) is 11.0 Å². The van der Waals surface area contributed by atoms with E-state index in [1.54, 1.807) is 25.1 Å². The summed E-state index contributed by atoms with van der Waals surface area (Å²) in [6.07, 6.45) is 0. The maximum Gasteiger partial charge on any atom is 0.224 e. The molecule has 1 aromatic heterocycles. The van der Waals surface area contributed by atoms with E-state index in [-0.39, 0.29) is 5.75 Å². The quantitative estimate of drug-likeness (QED) is 0.925. The third kappa shape index (κ3) is 3.64. The summed E-state index contributed by atoms with van der Waals surface area (Å²) in [4.78, 5) is 8.33. The van der Waals surface area contributed by atoms with Crippen molar-refractivity contribution < 1.29 is 9.13 Å². The highest BCUT2D eigenvalue weighted by molar-refractivity contribution is 9.10. The van der Waals surface area contributed by atoms with Gasteiger partial charge in [0.2, 0.25) is 5.88 Å². The summed E-state index contributed by atoms with van der Waals surface area (Å²) in [6, 6.07) is 6.13. The maximum absolute atomic E-state index is 13.6. The molecule has 2 aromatic rings. The van der Waals surface area contributed by atoms with Crippen LogP contribution in [0.25, 0.3) is 0 Å². The molecule has 0 fully saturated rings. The zero-order valence-electron chi connectivity index (χ0n) is 10.6. The Bertz CT molecular complexity index is 592. The van der Waals surface area contributed by atoms with Crippen molar-refractivity contribution in [3.05, 3.63) is 40.4 Å². The van der Waals surface area contributed by atoms with Gasteiger partial charge in [-0.15, -0.1) is 0 Å². The highest BCUT2D eigenvalue weighted by atomic mass is 79.9. The highest BCUT2D eigenvalue weighted by Gasteiger charge is 2.08. The first-order valence-electron chi connectivity index (χ1n) is 5.81. The van der Waals surface area contributed by atoms with Crippen LogP contribution >= 0.6 is 15.9 Å². The molecule has 0 saturated heterocycles. The van der Waals surface area contributed by atoms with Gasteiger partial charge in [-0.05, 0) is 32.0 Å². The normalized spacial score (nSPS) is 10.3. The van der Waals surface area contributed by atoms with E-state index in [0.29, 0.717) is 17.5 Å². The van der Waals surface area contributed by atoms with Gasteiger partial charge < -0.3 is 10.1 Å². The molecule has 4 nitrogen and oxygen atoms in total. The van der Waals surface area contributed by atoms with Gasteiger partial charge in [0.25, 0.3) is 0 Å². The number of ether oxygens (including phenoxy) is 1. The number of nitrogens with one attached hydrogen (secondary N) is 1. The van der Waals surface area contributed by atoms with Crippen LogP contribution in [-0.2, 0) is 0 Å². The lowest BCUT2D eigenvalue weighted by molar-refractivity contribution is 0.425. The van der Waals surface area contributed by atoms with Crippen molar-refractivity contribution in [1.29, 1.82) is 0 Å². The lowest BCUT2D eigenvalue weighted by Crippen LogP contribution is -2.02. The fourth-order valence-electron chi connectivity index (χ4n) is 1.53. The Labute approximate surface area is 119 Å². The number of rotatable bonds is 4. The molecule has 0 radical (unpaired) electrons. The summed E-state index contributed by atoms with van der Waals surface area (Å²) in [6.45, 7) is 4.46. The zero-order chi connectivity index (χ0) is 13.8. The van der Waals surface area contributed by atoms with Gasteiger partial charge in [-0.2, -0.15) is 4.98 Å². The second-order valence-corrected chi connectivity index (χ2v) is 4.76. The lowest BCUT2D eigenvalue weighted by atomic mass is 10.3. The topological polar surface area (TPSA) is 47.0 Å². The largest absolute Gasteiger partial charge is 0.436 e. The number of hydrogen-bond donors (Lipinski definition) is 1. The van der Waals surface area contributed by atoms with Crippen LogP contribution in [0, 0.1) is 12.7 Å². The third-order valence-corrected chi connectivity index (χ3v) is 2.77. The molecule has 1 aromatic carbocycles. The predicted octanol–water partition coefficient (Wildman–Crippen LogP) is 3.91. The minimum atomic E-state index is -0.440. The zero-order valence-corrected chi connectivity index (χ0v) is 12.2. The van der Waals surface area contributed by atoms with E-state index < -0.39 is 5.82 Å². The summed E-state index contributed by atoms with van der Waals surface area (Å²) < 4.78 is 19.8. The number of anilines is 1. The van der Waals surface area contributed by atoms with Crippen LogP contribution in [0.15, 0.2) is 28.7 Å². The molecule has 0 spiro atoms. The molecule has 19 heavy (non-hydrogen) atoms. The summed E-state index contributed by atoms with van der Waals surface area (Å²) in [5, 5.41) is 3.07. The summed E-state index contributed by atoms with van der Waals surface area (Å²) in [7, 11) is 0. The first-order valence-corrected chi connectivity index (χ1v) is 6.60. The smallest absolute Gasteiger partial charge is 0.224 e. The highest BCUT2D eigenvalue weighted by Crippen LogP contribution is 2.27. The summed E-state index contributed by atoms with van der Waals surface area (Å²) >= 11 is 3.27. The molecule has 0 amide bonds. The molecular formula is C13H13BrFN3O. The van der Waals surface area contributed by atoms with Gasteiger partial charge in [0.1, 0.15) is 11.6 Å². The Morgan fingerprint density at radius 2 is 2.11 bits per heavy atom. The molecule has 1 N–H and O–H groups in total. The molecular weight excluding hydrogens is 313 g/mol. The monoisotopic (exact) mass is 325 g/mol. The van der Waals surface area contributed by atoms with Gasteiger partial charge in [-0.25, -0.2) is 9.37 Å². The van der Waals surface area contributed by atoms with Gasteiger partial charge in [-0.1, -0.05) is 15.9 Å². The number of halogens is 2. The van der Waals surface area contributed by atoms with Crippen LogP contribution in [-0.4, -0.2) is 16.5 Å². The minimum Gasteiger partial charge on any atom is -0.436 e. The minimum absolute atomic E-state index is 0.120. The Morgan fingerprint density at radius 3 is 2.84 bits per heavy atom. The number of benzene rings is 1. The first kappa shape index (κ1) is 13.7. The van der Waals surface area contributed by atoms with Crippen LogP contribution in [0.2, 0.25) is 0 Å². The van der Waals surface area contributed by atoms with E-state index in [2.05, 4.69) is 31.2 Å². The Balaban J connectivity index is 2.29. The van der Waals surface area contributed by atoms with E-state index in [1.807, 2.05) is 6.92 Å². The maximum atomic E-state index is 13.6. The molecule has 100 valence electrons. The SMILES string of the molecule is CCNc1cc(Oc2cc(Br)ccc2F)nc(C)n1. The van der Waals surface area contributed by atoms with E-state index in [4.69, 9.17) is 4.74 Å². The standard InChI is InChI=1S/C13H13BrFN3O/c1-3-16-12-7-13(18-8(2)17-12)19-11-6-9(14)4-5-10(11)15/h4-7H,3H2,1-2H3,(H,16,17,18). The third-order valence-electron chi connectivity index (χ3n) is 2.28. The summed E-state index contributed by atoms with van der Waals surface area (Å²) in [5.41, 5.74) is 0. The molecule has 1 heterocycles.